The van der Waals surface area contributed by atoms with E-state index in [4.69, 9.17) is 0 Å². The Balaban J connectivity index is 1.90. The fourth-order valence-corrected chi connectivity index (χ4v) is 5.67. The number of hydrogen-bond donors (Lipinski definition) is 2. The van der Waals surface area contributed by atoms with Crippen molar-refractivity contribution in [2.24, 2.45) is 5.92 Å². The lowest BCUT2D eigenvalue weighted by Crippen LogP contribution is -2.30. The predicted octanol–water partition coefficient (Wildman–Crippen LogP) is 2.28. The Labute approximate surface area is 129 Å². The van der Waals surface area contributed by atoms with E-state index in [9.17, 15) is 8.42 Å². The molecule has 1 aliphatic rings. The van der Waals surface area contributed by atoms with Gasteiger partial charge in [0.25, 0.3) is 0 Å². The summed E-state index contributed by atoms with van der Waals surface area (Å²) in [5.74, 6) is 2.79. The Hall–Kier alpha value is -0.0800. The average Bonchev–Trinajstić information content (AvgIpc) is 2.94. The molecule has 7 heteroatoms. The minimum absolute atomic E-state index is 0.403. The highest BCUT2D eigenvalue weighted by atomic mass is 32.2. The standard InChI is InChI=1S/C13H22N2O2S3/c1-2-14-9-12-7-13(10-19-12)20(16,17)15-8-11-3-5-18-6-4-11/h7,10-11,14-15H,2-6,8-9H2,1H3. The van der Waals surface area contributed by atoms with Crippen LogP contribution < -0.4 is 10.0 Å². The highest BCUT2D eigenvalue weighted by Crippen LogP contribution is 2.23. The number of sulfonamides is 1. The van der Waals surface area contributed by atoms with Gasteiger partial charge in [0.15, 0.2) is 0 Å². The molecule has 0 aromatic carbocycles. The molecule has 1 aromatic rings. The SMILES string of the molecule is CCNCc1cc(S(=O)(=O)NCC2CCSCC2)cs1. The van der Waals surface area contributed by atoms with Gasteiger partial charge in [0.1, 0.15) is 0 Å². The molecule has 20 heavy (non-hydrogen) atoms. The maximum Gasteiger partial charge on any atom is 0.241 e. The molecule has 0 radical (unpaired) electrons. The molecule has 0 spiro atoms. The second-order valence-corrected chi connectivity index (χ2v) is 8.92. The van der Waals surface area contributed by atoms with Crippen LogP contribution in [0.4, 0.5) is 0 Å². The van der Waals surface area contributed by atoms with E-state index in [-0.39, 0.29) is 0 Å². The average molecular weight is 335 g/mol. The van der Waals surface area contributed by atoms with Crippen LogP contribution in [0.25, 0.3) is 0 Å². The first kappa shape index (κ1) is 16.3. The topological polar surface area (TPSA) is 58.2 Å². The van der Waals surface area contributed by atoms with Crippen molar-refractivity contribution < 1.29 is 8.42 Å². The minimum atomic E-state index is -3.34. The summed E-state index contributed by atoms with van der Waals surface area (Å²) >= 11 is 3.45. The fourth-order valence-electron chi connectivity index (χ4n) is 2.10. The molecule has 1 aliphatic heterocycles. The zero-order chi connectivity index (χ0) is 14.4. The normalized spacial score (nSPS) is 17.4. The van der Waals surface area contributed by atoms with Crippen molar-refractivity contribution >= 4 is 33.1 Å². The number of hydrogen-bond acceptors (Lipinski definition) is 5. The molecule has 1 saturated heterocycles. The maximum absolute atomic E-state index is 12.2. The zero-order valence-electron chi connectivity index (χ0n) is 11.7. The summed E-state index contributed by atoms with van der Waals surface area (Å²) in [5.41, 5.74) is 0. The molecule has 1 fully saturated rings. The first-order chi connectivity index (χ1) is 9.62. The quantitative estimate of drug-likeness (QED) is 0.803. The van der Waals surface area contributed by atoms with Gasteiger partial charge in [0.05, 0.1) is 4.90 Å². The monoisotopic (exact) mass is 334 g/mol. The lowest BCUT2D eigenvalue weighted by molar-refractivity contribution is 0.477. The first-order valence-electron chi connectivity index (χ1n) is 6.97. The van der Waals surface area contributed by atoms with Gasteiger partial charge in [-0.3, -0.25) is 0 Å². The Morgan fingerprint density at radius 1 is 1.35 bits per heavy atom. The van der Waals surface area contributed by atoms with E-state index >= 15 is 0 Å². The first-order valence-corrected chi connectivity index (χ1v) is 10.5. The molecule has 2 rings (SSSR count). The van der Waals surface area contributed by atoms with Gasteiger partial charge in [0, 0.05) is 23.3 Å². The molecule has 2 N–H and O–H groups in total. The Bertz CT molecular complexity index is 507. The second kappa shape index (κ2) is 7.79. The van der Waals surface area contributed by atoms with Crippen molar-refractivity contribution in [2.45, 2.75) is 31.2 Å². The largest absolute Gasteiger partial charge is 0.312 e. The third-order valence-electron chi connectivity index (χ3n) is 3.39. The molecule has 1 aromatic heterocycles. The van der Waals surface area contributed by atoms with E-state index in [1.807, 2.05) is 18.7 Å². The Morgan fingerprint density at radius 3 is 2.80 bits per heavy atom. The molecule has 0 bridgehead atoms. The van der Waals surface area contributed by atoms with Crippen molar-refractivity contribution in [1.29, 1.82) is 0 Å². The van der Waals surface area contributed by atoms with Crippen LogP contribution in [0.3, 0.4) is 0 Å². The highest BCUT2D eigenvalue weighted by Gasteiger charge is 2.20. The number of rotatable bonds is 7. The minimum Gasteiger partial charge on any atom is -0.312 e. The molecule has 4 nitrogen and oxygen atoms in total. The molecular formula is C13H22N2O2S3. The molecular weight excluding hydrogens is 312 g/mol. The number of thiophene rings is 1. The summed E-state index contributed by atoms with van der Waals surface area (Å²) in [6, 6.07) is 1.77. The van der Waals surface area contributed by atoms with Gasteiger partial charge in [-0.15, -0.1) is 11.3 Å². The Kier molecular flexibility index (Phi) is 6.35. The van der Waals surface area contributed by atoms with Crippen LogP contribution in [0.5, 0.6) is 0 Å². The highest BCUT2D eigenvalue weighted by molar-refractivity contribution is 7.99. The van der Waals surface area contributed by atoms with Crippen molar-refractivity contribution in [1.82, 2.24) is 10.0 Å². The van der Waals surface area contributed by atoms with Gasteiger partial charge in [-0.05, 0) is 42.9 Å². The molecule has 114 valence electrons. The van der Waals surface area contributed by atoms with E-state index < -0.39 is 10.0 Å². The van der Waals surface area contributed by atoms with Crippen molar-refractivity contribution in [3.05, 3.63) is 16.3 Å². The number of nitrogens with one attached hydrogen (secondary N) is 2. The summed E-state index contributed by atoms with van der Waals surface area (Å²) < 4.78 is 27.2. The molecule has 0 aliphatic carbocycles. The Morgan fingerprint density at radius 2 is 2.10 bits per heavy atom. The zero-order valence-corrected chi connectivity index (χ0v) is 14.2. The molecule has 0 amide bonds. The van der Waals surface area contributed by atoms with Crippen LogP contribution >= 0.6 is 23.1 Å². The van der Waals surface area contributed by atoms with Gasteiger partial charge < -0.3 is 5.32 Å². The summed E-state index contributed by atoms with van der Waals surface area (Å²) in [6.07, 6.45) is 2.23. The van der Waals surface area contributed by atoms with Crippen molar-refractivity contribution in [3.63, 3.8) is 0 Å². The molecule has 2 heterocycles. The van der Waals surface area contributed by atoms with E-state index in [0.717, 1.165) is 42.3 Å². The maximum atomic E-state index is 12.2. The van der Waals surface area contributed by atoms with Crippen LogP contribution in [0, 0.1) is 5.92 Å². The van der Waals surface area contributed by atoms with Gasteiger partial charge in [-0.2, -0.15) is 11.8 Å². The van der Waals surface area contributed by atoms with Gasteiger partial charge in [0.2, 0.25) is 10.0 Å². The summed E-state index contributed by atoms with van der Waals surface area (Å²) in [7, 11) is -3.34. The van der Waals surface area contributed by atoms with Crippen LogP contribution in [-0.4, -0.2) is 33.0 Å². The fraction of sp³-hybridized carbons (Fsp3) is 0.692. The third kappa shape index (κ3) is 4.73. The van der Waals surface area contributed by atoms with E-state index in [0.29, 0.717) is 17.4 Å². The van der Waals surface area contributed by atoms with E-state index in [1.54, 1.807) is 11.4 Å². The van der Waals surface area contributed by atoms with Gasteiger partial charge in [-0.25, -0.2) is 13.1 Å². The lowest BCUT2D eigenvalue weighted by Gasteiger charge is -2.21. The molecule has 0 unspecified atom stereocenters. The molecule has 0 saturated carbocycles. The predicted molar refractivity (Wildman–Crippen MR) is 86.9 cm³/mol. The van der Waals surface area contributed by atoms with Crippen LogP contribution in [0.1, 0.15) is 24.6 Å². The van der Waals surface area contributed by atoms with Crippen molar-refractivity contribution in [2.75, 3.05) is 24.6 Å². The van der Waals surface area contributed by atoms with Crippen LogP contribution in [0.15, 0.2) is 16.3 Å². The van der Waals surface area contributed by atoms with Gasteiger partial charge >= 0.3 is 0 Å². The van der Waals surface area contributed by atoms with Crippen molar-refractivity contribution in [3.8, 4) is 0 Å². The van der Waals surface area contributed by atoms with Crippen LogP contribution in [-0.2, 0) is 16.6 Å². The summed E-state index contributed by atoms with van der Waals surface area (Å²) in [4.78, 5) is 1.46. The smallest absolute Gasteiger partial charge is 0.241 e. The van der Waals surface area contributed by atoms with E-state index in [2.05, 4.69) is 10.0 Å². The third-order valence-corrected chi connectivity index (χ3v) is 6.93. The lowest BCUT2D eigenvalue weighted by atomic mass is 10.0. The number of thioether (sulfide) groups is 1. The van der Waals surface area contributed by atoms with E-state index in [1.165, 1.54) is 11.3 Å². The van der Waals surface area contributed by atoms with Crippen LogP contribution in [0.2, 0.25) is 0 Å². The summed E-state index contributed by atoms with van der Waals surface area (Å²) in [5, 5.41) is 4.93. The second-order valence-electron chi connectivity index (χ2n) is 4.94. The van der Waals surface area contributed by atoms with Gasteiger partial charge in [-0.1, -0.05) is 6.92 Å². The summed E-state index contributed by atoms with van der Waals surface area (Å²) in [6.45, 7) is 4.23. The molecule has 0 atom stereocenters.